The predicted octanol–water partition coefficient (Wildman–Crippen LogP) is 2.61. The van der Waals surface area contributed by atoms with Crippen LogP contribution in [0, 0.1) is 6.92 Å². The standard InChI is InChI=1S/C15H20BrN5OS/c1-10-14(18-19-21(10)11-5-7-17-8-6-11)15(22)20(2)9-12-3-4-13(16)23-12/h3-4,11,17H,5-9H2,1-2H3. The Bertz CT molecular complexity index is 692. The number of piperidine rings is 1. The highest BCUT2D eigenvalue weighted by atomic mass is 79.9. The van der Waals surface area contributed by atoms with Gasteiger partial charge in [0.25, 0.3) is 5.91 Å². The molecule has 0 bridgehead atoms. The van der Waals surface area contributed by atoms with Gasteiger partial charge in [-0.1, -0.05) is 5.21 Å². The number of hydrogen-bond donors (Lipinski definition) is 1. The molecule has 0 radical (unpaired) electrons. The Morgan fingerprint density at radius 2 is 2.22 bits per heavy atom. The average molecular weight is 398 g/mol. The van der Waals surface area contributed by atoms with Crippen molar-refractivity contribution in [1.82, 2.24) is 25.2 Å². The normalized spacial score (nSPS) is 15.8. The average Bonchev–Trinajstić information content (AvgIpc) is 3.13. The second-order valence-corrected chi connectivity index (χ2v) is 8.36. The maximum Gasteiger partial charge on any atom is 0.276 e. The Balaban J connectivity index is 1.73. The number of aromatic nitrogens is 3. The molecule has 1 fully saturated rings. The summed E-state index contributed by atoms with van der Waals surface area (Å²) in [5.74, 6) is -0.0767. The van der Waals surface area contributed by atoms with E-state index >= 15 is 0 Å². The van der Waals surface area contributed by atoms with Gasteiger partial charge < -0.3 is 10.2 Å². The molecule has 1 aliphatic rings. The zero-order valence-corrected chi connectivity index (χ0v) is 15.7. The number of carbonyl (C=O) groups is 1. The number of thiophene rings is 1. The van der Waals surface area contributed by atoms with Crippen molar-refractivity contribution in [2.24, 2.45) is 0 Å². The van der Waals surface area contributed by atoms with E-state index in [9.17, 15) is 4.79 Å². The van der Waals surface area contributed by atoms with Crippen molar-refractivity contribution >= 4 is 33.2 Å². The summed E-state index contributed by atoms with van der Waals surface area (Å²) in [6.07, 6.45) is 2.05. The zero-order chi connectivity index (χ0) is 16.4. The van der Waals surface area contributed by atoms with Crippen molar-refractivity contribution < 1.29 is 4.79 Å². The molecule has 0 spiro atoms. The van der Waals surface area contributed by atoms with Crippen LogP contribution in [0.5, 0.6) is 0 Å². The number of hydrogen-bond acceptors (Lipinski definition) is 5. The molecular weight excluding hydrogens is 378 g/mol. The summed E-state index contributed by atoms with van der Waals surface area (Å²) in [6, 6.07) is 4.36. The molecule has 124 valence electrons. The van der Waals surface area contributed by atoms with Gasteiger partial charge in [-0.2, -0.15) is 0 Å². The van der Waals surface area contributed by atoms with E-state index in [0.29, 0.717) is 18.3 Å². The maximum absolute atomic E-state index is 12.7. The maximum atomic E-state index is 12.7. The van der Waals surface area contributed by atoms with E-state index in [1.807, 2.05) is 23.7 Å². The third-order valence-corrected chi connectivity index (χ3v) is 5.76. The van der Waals surface area contributed by atoms with Crippen LogP contribution in [0.2, 0.25) is 0 Å². The van der Waals surface area contributed by atoms with Gasteiger partial charge in [0.1, 0.15) is 0 Å². The van der Waals surface area contributed by atoms with Crippen LogP contribution in [0.15, 0.2) is 15.9 Å². The Morgan fingerprint density at radius 3 is 2.87 bits per heavy atom. The first-order valence-electron chi connectivity index (χ1n) is 7.68. The molecule has 8 heteroatoms. The first-order valence-corrected chi connectivity index (χ1v) is 9.29. The summed E-state index contributed by atoms with van der Waals surface area (Å²) in [4.78, 5) is 15.5. The highest BCUT2D eigenvalue weighted by Gasteiger charge is 2.24. The first-order chi connectivity index (χ1) is 11.1. The van der Waals surface area contributed by atoms with Gasteiger partial charge in [-0.3, -0.25) is 4.79 Å². The molecule has 2 aromatic rings. The molecule has 2 aromatic heterocycles. The van der Waals surface area contributed by atoms with Crippen LogP contribution < -0.4 is 5.32 Å². The van der Waals surface area contributed by atoms with Crippen LogP contribution in [0.1, 0.15) is 39.9 Å². The second kappa shape index (κ2) is 7.11. The monoisotopic (exact) mass is 397 g/mol. The molecule has 1 N–H and O–H groups in total. The van der Waals surface area contributed by atoms with E-state index in [-0.39, 0.29) is 5.91 Å². The van der Waals surface area contributed by atoms with Crippen LogP contribution in [0.4, 0.5) is 0 Å². The highest BCUT2D eigenvalue weighted by Crippen LogP contribution is 2.24. The minimum atomic E-state index is -0.0767. The molecule has 0 atom stereocenters. The van der Waals surface area contributed by atoms with Crippen molar-refractivity contribution in [3.05, 3.63) is 32.2 Å². The van der Waals surface area contributed by atoms with E-state index in [2.05, 4.69) is 31.6 Å². The van der Waals surface area contributed by atoms with Gasteiger partial charge in [0.05, 0.1) is 22.1 Å². The topological polar surface area (TPSA) is 63.1 Å². The third-order valence-electron chi connectivity index (χ3n) is 4.15. The quantitative estimate of drug-likeness (QED) is 0.860. The fraction of sp³-hybridized carbons (Fsp3) is 0.533. The largest absolute Gasteiger partial charge is 0.335 e. The summed E-state index contributed by atoms with van der Waals surface area (Å²) in [6.45, 7) is 4.49. The van der Waals surface area contributed by atoms with Gasteiger partial charge in [-0.25, -0.2) is 4.68 Å². The number of amides is 1. The van der Waals surface area contributed by atoms with Crippen molar-refractivity contribution in [2.75, 3.05) is 20.1 Å². The molecule has 6 nitrogen and oxygen atoms in total. The van der Waals surface area contributed by atoms with Gasteiger partial charge >= 0.3 is 0 Å². The van der Waals surface area contributed by atoms with E-state index in [1.165, 1.54) is 0 Å². The van der Waals surface area contributed by atoms with Crippen molar-refractivity contribution in [2.45, 2.75) is 32.4 Å². The molecule has 1 aliphatic heterocycles. The number of nitrogens with one attached hydrogen (secondary N) is 1. The molecule has 0 aromatic carbocycles. The Morgan fingerprint density at radius 1 is 1.48 bits per heavy atom. The van der Waals surface area contributed by atoms with Crippen LogP contribution >= 0.6 is 27.3 Å². The number of nitrogens with zero attached hydrogens (tertiary/aromatic N) is 4. The predicted molar refractivity (Wildman–Crippen MR) is 93.7 cm³/mol. The molecule has 1 saturated heterocycles. The summed E-state index contributed by atoms with van der Waals surface area (Å²) in [5.41, 5.74) is 1.32. The van der Waals surface area contributed by atoms with Crippen molar-refractivity contribution in [3.8, 4) is 0 Å². The van der Waals surface area contributed by atoms with E-state index in [1.54, 1.807) is 23.3 Å². The lowest BCUT2D eigenvalue weighted by Crippen LogP contribution is -2.30. The molecule has 0 aliphatic carbocycles. The van der Waals surface area contributed by atoms with Crippen molar-refractivity contribution in [1.29, 1.82) is 0 Å². The molecule has 0 unspecified atom stereocenters. The van der Waals surface area contributed by atoms with E-state index < -0.39 is 0 Å². The smallest absolute Gasteiger partial charge is 0.276 e. The Hall–Kier alpha value is -1.25. The summed E-state index contributed by atoms with van der Waals surface area (Å²) in [5, 5.41) is 11.7. The van der Waals surface area contributed by atoms with Crippen LogP contribution in [0.3, 0.4) is 0 Å². The lowest BCUT2D eigenvalue weighted by Gasteiger charge is -2.23. The van der Waals surface area contributed by atoms with Gasteiger partial charge in [0.15, 0.2) is 5.69 Å². The molecule has 0 saturated carbocycles. The zero-order valence-electron chi connectivity index (χ0n) is 13.3. The van der Waals surface area contributed by atoms with Gasteiger partial charge in [-0.15, -0.1) is 16.4 Å². The number of carbonyl (C=O) groups excluding carboxylic acids is 1. The molecular formula is C15H20BrN5OS. The highest BCUT2D eigenvalue weighted by molar-refractivity contribution is 9.11. The molecule has 3 heterocycles. The summed E-state index contributed by atoms with van der Waals surface area (Å²) < 4.78 is 2.99. The van der Waals surface area contributed by atoms with Gasteiger partial charge in [-0.05, 0) is 60.9 Å². The molecule has 23 heavy (non-hydrogen) atoms. The molecule has 1 amide bonds. The lowest BCUT2D eigenvalue weighted by atomic mass is 10.1. The van der Waals surface area contributed by atoms with E-state index in [4.69, 9.17) is 0 Å². The van der Waals surface area contributed by atoms with Gasteiger partial charge in [0, 0.05) is 11.9 Å². The number of rotatable bonds is 4. The first kappa shape index (κ1) is 16.6. The molecule has 3 rings (SSSR count). The van der Waals surface area contributed by atoms with Crippen LogP contribution in [0.25, 0.3) is 0 Å². The van der Waals surface area contributed by atoms with Crippen LogP contribution in [-0.2, 0) is 6.54 Å². The second-order valence-electron chi connectivity index (χ2n) is 5.82. The lowest BCUT2D eigenvalue weighted by molar-refractivity contribution is 0.0779. The number of halogens is 1. The van der Waals surface area contributed by atoms with E-state index in [0.717, 1.165) is 40.3 Å². The van der Waals surface area contributed by atoms with Gasteiger partial charge in [0.2, 0.25) is 0 Å². The summed E-state index contributed by atoms with van der Waals surface area (Å²) in [7, 11) is 1.80. The minimum absolute atomic E-state index is 0.0767. The minimum Gasteiger partial charge on any atom is -0.335 e. The summed E-state index contributed by atoms with van der Waals surface area (Å²) >= 11 is 5.08. The van der Waals surface area contributed by atoms with Crippen LogP contribution in [-0.4, -0.2) is 45.9 Å². The fourth-order valence-electron chi connectivity index (χ4n) is 2.86. The third kappa shape index (κ3) is 3.64. The van der Waals surface area contributed by atoms with Crippen molar-refractivity contribution in [3.63, 3.8) is 0 Å². The Labute approximate surface area is 148 Å². The Kier molecular flexibility index (Phi) is 5.13. The fourth-order valence-corrected chi connectivity index (χ4v) is 4.40. The SMILES string of the molecule is Cc1c(C(=O)N(C)Cc2ccc(Br)s2)nnn1C1CCNCC1.